The predicted octanol–water partition coefficient (Wildman–Crippen LogP) is 2.58. The summed E-state index contributed by atoms with van der Waals surface area (Å²) in [5, 5.41) is 4.37. The maximum Gasteiger partial charge on any atom is 0.337 e. The van der Waals surface area contributed by atoms with Crippen LogP contribution in [0.1, 0.15) is 28.7 Å². The highest BCUT2D eigenvalue weighted by Crippen LogP contribution is 2.15. The lowest BCUT2D eigenvalue weighted by molar-refractivity contribution is 0.0600. The molecular weight excluding hydrogens is 256 g/mol. The Morgan fingerprint density at radius 3 is 2.60 bits per heavy atom. The molecular formula is C15H18N2O3. The number of hydrogen-bond acceptors (Lipinski definition) is 4. The Morgan fingerprint density at radius 2 is 2.00 bits per heavy atom. The second-order valence-electron chi connectivity index (χ2n) is 4.40. The minimum atomic E-state index is -0.351. The van der Waals surface area contributed by atoms with Crippen LogP contribution in [-0.2, 0) is 17.9 Å². The van der Waals surface area contributed by atoms with Crippen LogP contribution in [0.25, 0.3) is 0 Å². The molecule has 106 valence electrons. The zero-order valence-electron chi connectivity index (χ0n) is 11.9. The van der Waals surface area contributed by atoms with E-state index in [1.165, 1.54) is 7.11 Å². The lowest BCUT2D eigenvalue weighted by Crippen LogP contribution is -2.06. The number of hydrogen-bond donors (Lipinski definition) is 0. The van der Waals surface area contributed by atoms with Crippen molar-refractivity contribution in [2.24, 2.45) is 0 Å². The summed E-state index contributed by atoms with van der Waals surface area (Å²) in [6, 6.07) is 8.89. The Morgan fingerprint density at radius 1 is 1.30 bits per heavy atom. The molecule has 2 rings (SSSR count). The largest absolute Gasteiger partial charge is 0.487 e. The third-order valence-corrected chi connectivity index (χ3v) is 2.95. The van der Waals surface area contributed by atoms with Crippen LogP contribution in [0.3, 0.4) is 0 Å². The number of aryl methyl sites for hydroxylation is 2. The van der Waals surface area contributed by atoms with Gasteiger partial charge in [0.1, 0.15) is 12.4 Å². The van der Waals surface area contributed by atoms with Crippen molar-refractivity contribution in [3.05, 3.63) is 47.3 Å². The van der Waals surface area contributed by atoms with E-state index < -0.39 is 0 Å². The van der Waals surface area contributed by atoms with Crippen molar-refractivity contribution < 1.29 is 14.3 Å². The van der Waals surface area contributed by atoms with Gasteiger partial charge >= 0.3 is 5.97 Å². The molecule has 0 N–H and O–H groups in total. The van der Waals surface area contributed by atoms with Crippen molar-refractivity contribution in [2.45, 2.75) is 27.0 Å². The minimum absolute atomic E-state index is 0.351. The molecule has 2 aromatic rings. The Kier molecular flexibility index (Phi) is 4.40. The van der Waals surface area contributed by atoms with Gasteiger partial charge in [0.25, 0.3) is 0 Å². The van der Waals surface area contributed by atoms with Gasteiger partial charge in [-0.2, -0.15) is 5.10 Å². The van der Waals surface area contributed by atoms with Gasteiger partial charge in [0, 0.05) is 6.54 Å². The Labute approximate surface area is 118 Å². The van der Waals surface area contributed by atoms with Crippen molar-refractivity contribution in [2.75, 3.05) is 7.11 Å². The number of esters is 1. The SMILES string of the molecule is CCn1nc(C)cc1COc1ccc(C(=O)OC)cc1. The van der Waals surface area contributed by atoms with Gasteiger partial charge in [-0.3, -0.25) is 4.68 Å². The maximum atomic E-state index is 11.3. The molecule has 0 fully saturated rings. The van der Waals surface area contributed by atoms with Gasteiger partial charge in [-0.05, 0) is 44.2 Å². The number of carbonyl (C=O) groups is 1. The summed E-state index contributed by atoms with van der Waals surface area (Å²) in [5.74, 6) is 0.357. The molecule has 0 aliphatic carbocycles. The molecule has 20 heavy (non-hydrogen) atoms. The van der Waals surface area contributed by atoms with Gasteiger partial charge in [-0.25, -0.2) is 4.79 Å². The maximum absolute atomic E-state index is 11.3. The first-order valence-corrected chi connectivity index (χ1v) is 6.48. The number of aromatic nitrogens is 2. The first-order chi connectivity index (χ1) is 9.63. The molecule has 0 bridgehead atoms. The molecule has 0 radical (unpaired) electrons. The number of methoxy groups -OCH3 is 1. The second-order valence-corrected chi connectivity index (χ2v) is 4.40. The average Bonchev–Trinajstić information content (AvgIpc) is 2.85. The van der Waals surface area contributed by atoms with Gasteiger partial charge in [-0.15, -0.1) is 0 Å². The van der Waals surface area contributed by atoms with E-state index in [1.807, 2.05) is 24.6 Å². The summed E-state index contributed by atoms with van der Waals surface area (Å²) in [7, 11) is 1.36. The standard InChI is InChI=1S/C15H18N2O3/c1-4-17-13(9-11(2)16-17)10-20-14-7-5-12(6-8-14)15(18)19-3/h5-9H,4,10H2,1-3H3. The number of benzene rings is 1. The normalized spacial score (nSPS) is 10.3. The third kappa shape index (κ3) is 3.17. The number of ether oxygens (including phenoxy) is 2. The molecule has 0 amide bonds. The lowest BCUT2D eigenvalue weighted by atomic mass is 10.2. The van der Waals surface area contributed by atoms with Crippen molar-refractivity contribution in [1.29, 1.82) is 0 Å². The monoisotopic (exact) mass is 274 g/mol. The van der Waals surface area contributed by atoms with Gasteiger partial charge in [-0.1, -0.05) is 0 Å². The third-order valence-electron chi connectivity index (χ3n) is 2.95. The van der Waals surface area contributed by atoms with Crippen LogP contribution in [0.2, 0.25) is 0 Å². The van der Waals surface area contributed by atoms with E-state index in [-0.39, 0.29) is 5.97 Å². The zero-order chi connectivity index (χ0) is 14.5. The van der Waals surface area contributed by atoms with Crippen molar-refractivity contribution in [3.8, 4) is 5.75 Å². The van der Waals surface area contributed by atoms with Gasteiger partial charge < -0.3 is 9.47 Å². The Balaban J connectivity index is 2.02. The molecule has 5 heteroatoms. The van der Waals surface area contributed by atoms with Gasteiger partial charge in [0.05, 0.1) is 24.1 Å². The van der Waals surface area contributed by atoms with Crippen LogP contribution in [0.15, 0.2) is 30.3 Å². The van der Waals surface area contributed by atoms with Crippen LogP contribution >= 0.6 is 0 Å². The first kappa shape index (κ1) is 14.1. The van der Waals surface area contributed by atoms with Crippen molar-refractivity contribution in [3.63, 3.8) is 0 Å². The molecule has 0 aliphatic heterocycles. The van der Waals surface area contributed by atoms with Crippen molar-refractivity contribution >= 4 is 5.97 Å². The Hall–Kier alpha value is -2.30. The van der Waals surface area contributed by atoms with E-state index in [1.54, 1.807) is 24.3 Å². The summed E-state index contributed by atoms with van der Waals surface area (Å²) in [4.78, 5) is 11.3. The molecule has 0 atom stereocenters. The van der Waals surface area contributed by atoms with Crippen molar-refractivity contribution in [1.82, 2.24) is 9.78 Å². The molecule has 5 nitrogen and oxygen atoms in total. The Bertz CT molecular complexity index is 588. The van der Waals surface area contributed by atoms with Crippen LogP contribution < -0.4 is 4.74 Å². The van der Waals surface area contributed by atoms with Crippen LogP contribution in [0, 0.1) is 6.92 Å². The molecule has 0 spiro atoms. The molecule has 0 saturated heterocycles. The number of nitrogens with zero attached hydrogens (tertiary/aromatic N) is 2. The van der Waals surface area contributed by atoms with Gasteiger partial charge in [0.15, 0.2) is 0 Å². The topological polar surface area (TPSA) is 53.4 Å². The van der Waals surface area contributed by atoms with E-state index in [4.69, 9.17) is 4.74 Å². The fourth-order valence-electron chi connectivity index (χ4n) is 1.95. The quantitative estimate of drug-likeness (QED) is 0.786. The summed E-state index contributed by atoms with van der Waals surface area (Å²) >= 11 is 0. The smallest absolute Gasteiger partial charge is 0.337 e. The average molecular weight is 274 g/mol. The summed E-state index contributed by atoms with van der Waals surface area (Å²) in [6.45, 7) is 5.27. The fourth-order valence-corrected chi connectivity index (χ4v) is 1.95. The molecule has 0 unspecified atom stereocenters. The first-order valence-electron chi connectivity index (χ1n) is 6.48. The van der Waals surface area contributed by atoms with E-state index in [9.17, 15) is 4.79 Å². The zero-order valence-corrected chi connectivity index (χ0v) is 11.9. The van der Waals surface area contributed by atoms with Crippen LogP contribution in [0.4, 0.5) is 0 Å². The lowest BCUT2D eigenvalue weighted by Gasteiger charge is -2.08. The molecule has 0 aliphatic rings. The van der Waals surface area contributed by atoms with Crippen LogP contribution in [0.5, 0.6) is 5.75 Å². The summed E-state index contributed by atoms with van der Waals surface area (Å²) in [5.41, 5.74) is 2.52. The van der Waals surface area contributed by atoms with Gasteiger partial charge in [0.2, 0.25) is 0 Å². The summed E-state index contributed by atoms with van der Waals surface area (Å²) < 4.78 is 12.3. The predicted molar refractivity (Wildman–Crippen MR) is 74.8 cm³/mol. The molecule has 1 aromatic carbocycles. The highest BCUT2D eigenvalue weighted by atomic mass is 16.5. The minimum Gasteiger partial charge on any atom is -0.487 e. The summed E-state index contributed by atoms with van der Waals surface area (Å²) in [6.07, 6.45) is 0. The molecule has 1 aromatic heterocycles. The number of carbonyl (C=O) groups excluding carboxylic acids is 1. The highest BCUT2D eigenvalue weighted by molar-refractivity contribution is 5.89. The van der Waals surface area contributed by atoms with Crippen LogP contribution in [-0.4, -0.2) is 22.9 Å². The van der Waals surface area contributed by atoms with E-state index in [2.05, 4.69) is 9.84 Å². The van der Waals surface area contributed by atoms with E-state index in [0.29, 0.717) is 17.9 Å². The van der Waals surface area contributed by atoms with E-state index in [0.717, 1.165) is 17.9 Å². The number of rotatable bonds is 5. The molecule has 0 saturated carbocycles. The fraction of sp³-hybridized carbons (Fsp3) is 0.333. The second kappa shape index (κ2) is 6.23. The van der Waals surface area contributed by atoms with E-state index >= 15 is 0 Å². The highest BCUT2D eigenvalue weighted by Gasteiger charge is 2.07. The molecule has 1 heterocycles.